The number of anilines is 1. The van der Waals surface area contributed by atoms with Gasteiger partial charge in [0.2, 0.25) is 15.9 Å². The molecule has 1 N–H and O–H groups in total. The first-order valence-corrected chi connectivity index (χ1v) is 10.8. The average Bonchev–Trinajstić information content (AvgIpc) is 2.57. The Kier molecular flexibility index (Phi) is 7.53. The van der Waals surface area contributed by atoms with E-state index in [-0.39, 0.29) is 12.5 Å². The maximum Gasteiger partial charge on any atom is 0.240 e. The maximum absolute atomic E-state index is 12.1. The Morgan fingerprint density at radius 2 is 1.84 bits per heavy atom. The van der Waals surface area contributed by atoms with E-state index in [2.05, 4.69) is 10.2 Å². The third-order valence-electron chi connectivity index (χ3n) is 4.22. The molecule has 0 radical (unpaired) electrons. The molecule has 0 spiro atoms. The van der Waals surface area contributed by atoms with Crippen LogP contribution in [0.25, 0.3) is 0 Å². The Bertz CT molecular complexity index is 658. The molecule has 140 valence electrons. The molecule has 0 unspecified atom stereocenters. The number of carbonyl (C=O) groups excluding carboxylic acids is 1. The standard InChI is InChI=1S/C17H26ClN3O3S/c1-25(23,24)21(16-8-6-15(18)7-9-16)14-17(22)19-10-5-13-20-11-3-2-4-12-20/h6-9H,2-5,10-14H2,1H3,(H,19,22). The summed E-state index contributed by atoms with van der Waals surface area (Å²) in [6.45, 7) is 3.55. The third-order valence-corrected chi connectivity index (χ3v) is 5.62. The van der Waals surface area contributed by atoms with Crippen molar-refractivity contribution in [2.45, 2.75) is 25.7 Å². The Balaban J connectivity index is 1.82. The molecule has 1 aliphatic heterocycles. The summed E-state index contributed by atoms with van der Waals surface area (Å²) in [5.41, 5.74) is 0.426. The van der Waals surface area contributed by atoms with Crippen LogP contribution in [-0.2, 0) is 14.8 Å². The van der Waals surface area contributed by atoms with Gasteiger partial charge >= 0.3 is 0 Å². The van der Waals surface area contributed by atoms with Crippen molar-refractivity contribution >= 4 is 33.2 Å². The molecule has 1 heterocycles. The summed E-state index contributed by atoms with van der Waals surface area (Å²) >= 11 is 5.83. The van der Waals surface area contributed by atoms with Crippen LogP contribution in [0.1, 0.15) is 25.7 Å². The quantitative estimate of drug-likeness (QED) is 0.693. The van der Waals surface area contributed by atoms with Gasteiger partial charge in [0.1, 0.15) is 6.54 Å². The molecule has 1 aromatic rings. The summed E-state index contributed by atoms with van der Waals surface area (Å²) in [7, 11) is -3.55. The topological polar surface area (TPSA) is 69.7 Å². The van der Waals surface area contributed by atoms with Gasteiger partial charge in [0.05, 0.1) is 11.9 Å². The van der Waals surface area contributed by atoms with Crippen molar-refractivity contribution in [2.24, 2.45) is 0 Å². The molecule has 0 aromatic heterocycles. The van der Waals surface area contributed by atoms with Crippen molar-refractivity contribution in [3.8, 4) is 0 Å². The summed E-state index contributed by atoms with van der Waals surface area (Å²) in [5, 5.41) is 3.32. The van der Waals surface area contributed by atoms with Gasteiger partial charge in [0.15, 0.2) is 0 Å². The molecule has 2 rings (SSSR count). The second-order valence-corrected chi connectivity index (χ2v) is 8.70. The predicted octanol–water partition coefficient (Wildman–Crippen LogP) is 2.10. The first-order chi connectivity index (χ1) is 11.9. The van der Waals surface area contributed by atoms with E-state index in [0.717, 1.165) is 36.6 Å². The number of amides is 1. The SMILES string of the molecule is CS(=O)(=O)N(CC(=O)NCCCN1CCCCC1)c1ccc(Cl)cc1. The van der Waals surface area contributed by atoms with Crippen LogP contribution >= 0.6 is 11.6 Å². The van der Waals surface area contributed by atoms with E-state index >= 15 is 0 Å². The lowest BCUT2D eigenvalue weighted by atomic mass is 10.1. The number of hydrogen-bond donors (Lipinski definition) is 1. The van der Waals surface area contributed by atoms with Crippen LogP contribution in [-0.4, -0.2) is 58.2 Å². The smallest absolute Gasteiger partial charge is 0.240 e. The number of sulfonamides is 1. The lowest BCUT2D eigenvalue weighted by molar-refractivity contribution is -0.119. The third kappa shape index (κ3) is 6.84. The fourth-order valence-corrected chi connectivity index (χ4v) is 3.89. The van der Waals surface area contributed by atoms with E-state index in [1.807, 2.05) is 0 Å². The van der Waals surface area contributed by atoms with Gasteiger partial charge in [-0.05, 0) is 63.2 Å². The van der Waals surface area contributed by atoms with Gasteiger partial charge < -0.3 is 10.2 Å². The highest BCUT2D eigenvalue weighted by molar-refractivity contribution is 7.92. The first kappa shape index (κ1) is 20.0. The number of nitrogens with one attached hydrogen (secondary N) is 1. The van der Waals surface area contributed by atoms with Crippen LogP contribution in [0.15, 0.2) is 24.3 Å². The minimum absolute atomic E-state index is 0.232. The molecule has 6 nitrogen and oxygen atoms in total. The van der Waals surface area contributed by atoms with Gasteiger partial charge in [-0.25, -0.2) is 8.42 Å². The zero-order chi connectivity index (χ0) is 18.3. The van der Waals surface area contributed by atoms with E-state index in [0.29, 0.717) is 17.3 Å². The normalized spacial score (nSPS) is 15.8. The monoisotopic (exact) mass is 387 g/mol. The molecule has 1 amide bonds. The Morgan fingerprint density at radius 3 is 2.44 bits per heavy atom. The number of likely N-dealkylation sites (tertiary alicyclic amines) is 1. The van der Waals surface area contributed by atoms with E-state index in [1.54, 1.807) is 24.3 Å². The summed E-state index contributed by atoms with van der Waals surface area (Å²) in [4.78, 5) is 14.5. The Hall–Kier alpha value is -1.31. The molecule has 0 bridgehead atoms. The number of hydrogen-bond acceptors (Lipinski definition) is 4. The highest BCUT2D eigenvalue weighted by Gasteiger charge is 2.20. The molecule has 1 aromatic carbocycles. The van der Waals surface area contributed by atoms with Gasteiger partial charge in [0, 0.05) is 11.6 Å². The number of carbonyl (C=O) groups is 1. The average molecular weight is 388 g/mol. The van der Waals surface area contributed by atoms with Crippen molar-refractivity contribution in [1.82, 2.24) is 10.2 Å². The molecule has 8 heteroatoms. The van der Waals surface area contributed by atoms with E-state index in [4.69, 9.17) is 11.6 Å². The zero-order valence-corrected chi connectivity index (χ0v) is 16.2. The Morgan fingerprint density at radius 1 is 1.20 bits per heavy atom. The number of halogens is 1. The minimum Gasteiger partial charge on any atom is -0.354 e. The van der Waals surface area contributed by atoms with Crippen molar-refractivity contribution in [3.63, 3.8) is 0 Å². The second-order valence-electron chi connectivity index (χ2n) is 6.35. The van der Waals surface area contributed by atoms with Crippen molar-refractivity contribution in [2.75, 3.05) is 43.3 Å². The van der Waals surface area contributed by atoms with Crippen molar-refractivity contribution in [3.05, 3.63) is 29.3 Å². The fourth-order valence-electron chi connectivity index (χ4n) is 2.91. The molecule has 1 saturated heterocycles. The molecule has 25 heavy (non-hydrogen) atoms. The first-order valence-electron chi connectivity index (χ1n) is 8.58. The molecular formula is C17H26ClN3O3S. The lowest BCUT2D eigenvalue weighted by Crippen LogP contribution is -2.41. The molecule has 1 fully saturated rings. The van der Waals surface area contributed by atoms with Crippen LogP contribution in [0.4, 0.5) is 5.69 Å². The van der Waals surface area contributed by atoms with Crippen LogP contribution in [0.3, 0.4) is 0 Å². The zero-order valence-electron chi connectivity index (χ0n) is 14.6. The van der Waals surface area contributed by atoms with Crippen LogP contribution in [0, 0.1) is 0 Å². The molecule has 0 aliphatic carbocycles. The minimum atomic E-state index is -3.55. The molecule has 1 aliphatic rings. The largest absolute Gasteiger partial charge is 0.354 e. The molecular weight excluding hydrogens is 362 g/mol. The number of benzene rings is 1. The van der Waals surface area contributed by atoms with Crippen LogP contribution in [0.5, 0.6) is 0 Å². The highest BCUT2D eigenvalue weighted by atomic mass is 35.5. The highest BCUT2D eigenvalue weighted by Crippen LogP contribution is 2.20. The molecule has 0 atom stereocenters. The van der Waals surface area contributed by atoms with Gasteiger partial charge in [-0.1, -0.05) is 18.0 Å². The number of nitrogens with zero attached hydrogens (tertiary/aromatic N) is 2. The van der Waals surface area contributed by atoms with Crippen molar-refractivity contribution < 1.29 is 13.2 Å². The summed E-state index contributed by atoms with van der Waals surface area (Å²) in [6, 6.07) is 6.39. The second kappa shape index (κ2) is 9.40. The predicted molar refractivity (Wildman–Crippen MR) is 102 cm³/mol. The van der Waals surface area contributed by atoms with E-state index in [9.17, 15) is 13.2 Å². The Labute approximate surface area is 155 Å². The molecule has 0 saturated carbocycles. The van der Waals surface area contributed by atoms with Crippen LogP contribution in [0.2, 0.25) is 5.02 Å². The summed E-state index contributed by atoms with van der Waals surface area (Å²) < 4.78 is 25.1. The fraction of sp³-hybridized carbons (Fsp3) is 0.588. The summed E-state index contributed by atoms with van der Waals surface area (Å²) in [5.74, 6) is -0.306. The number of piperidine rings is 1. The van der Waals surface area contributed by atoms with E-state index < -0.39 is 10.0 Å². The van der Waals surface area contributed by atoms with E-state index in [1.165, 1.54) is 19.3 Å². The van der Waals surface area contributed by atoms with Crippen LogP contribution < -0.4 is 9.62 Å². The van der Waals surface area contributed by atoms with Gasteiger partial charge in [-0.15, -0.1) is 0 Å². The number of rotatable bonds is 8. The van der Waals surface area contributed by atoms with Gasteiger partial charge in [-0.3, -0.25) is 9.10 Å². The van der Waals surface area contributed by atoms with Gasteiger partial charge in [0.25, 0.3) is 0 Å². The summed E-state index contributed by atoms with van der Waals surface area (Å²) in [6.07, 6.45) is 5.75. The van der Waals surface area contributed by atoms with Crippen molar-refractivity contribution in [1.29, 1.82) is 0 Å². The van der Waals surface area contributed by atoms with Gasteiger partial charge in [-0.2, -0.15) is 0 Å². The lowest BCUT2D eigenvalue weighted by Gasteiger charge is -2.26. The maximum atomic E-state index is 12.1.